The zero-order chi connectivity index (χ0) is 24.3. The third-order valence-corrected chi connectivity index (χ3v) is 6.64. The minimum Gasteiger partial charge on any atom is -0.497 e. The molecule has 2 unspecified atom stereocenters. The van der Waals surface area contributed by atoms with E-state index in [1.807, 2.05) is 24.3 Å². The zero-order valence-corrected chi connectivity index (χ0v) is 19.4. The van der Waals surface area contributed by atoms with Gasteiger partial charge >= 0.3 is 6.18 Å². The standard InChI is InChI=1S/C25H30F3N3O3/c1-33-13-3-10-29-24(32)21-15-17-14-18(25(26,27)28)4-9-22(17)31-12-11-30(16-23(21)31)19-5-7-20(34-2)8-6-19/h4-9,14,21,23H,3,10-13,15-16H2,1-2H3,(H,29,32). The molecule has 2 atom stereocenters. The average molecular weight is 478 g/mol. The van der Waals surface area contributed by atoms with Gasteiger partial charge in [0.05, 0.1) is 24.6 Å². The average Bonchev–Trinajstić information content (AvgIpc) is 2.84. The number of amides is 1. The summed E-state index contributed by atoms with van der Waals surface area (Å²) in [6.45, 7) is 2.91. The second-order valence-corrected chi connectivity index (χ2v) is 8.69. The molecule has 0 spiro atoms. The lowest BCUT2D eigenvalue weighted by Crippen LogP contribution is -2.61. The Morgan fingerprint density at radius 2 is 1.88 bits per heavy atom. The number of piperazine rings is 1. The van der Waals surface area contributed by atoms with Gasteiger partial charge < -0.3 is 24.6 Å². The SMILES string of the molecule is COCCCNC(=O)C1Cc2cc(C(F)(F)F)ccc2N2CCN(c3ccc(OC)cc3)CC12. The number of hydrogen-bond acceptors (Lipinski definition) is 5. The van der Waals surface area contributed by atoms with Crippen LogP contribution in [0.3, 0.4) is 0 Å². The molecule has 1 amide bonds. The number of rotatable bonds is 7. The van der Waals surface area contributed by atoms with Crippen LogP contribution in [-0.2, 0) is 22.1 Å². The van der Waals surface area contributed by atoms with Gasteiger partial charge in [0.2, 0.25) is 5.91 Å². The first-order chi connectivity index (χ1) is 16.3. The molecule has 6 nitrogen and oxygen atoms in total. The van der Waals surface area contributed by atoms with Crippen LogP contribution in [0.5, 0.6) is 5.75 Å². The lowest BCUT2D eigenvalue weighted by molar-refractivity contribution is -0.137. The van der Waals surface area contributed by atoms with Gasteiger partial charge in [-0.25, -0.2) is 0 Å². The molecule has 0 saturated carbocycles. The van der Waals surface area contributed by atoms with Crippen molar-refractivity contribution in [3.8, 4) is 5.75 Å². The second kappa shape index (κ2) is 10.1. The summed E-state index contributed by atoms with van der Waals surface area (Å²) in [6, 6.07) is 11.5. The smallest absolute Gasteiger partial charge is 0.416 e. The number of alkyl halides is 3. The van der Waals surface area contributed by atoms with E-state index < -0.39 is 17.7 Å². The first-order valence-electron chi connectivity index (χ1n) is 11.4. The van der Waals surface area contributed by atoms with Gasteiger partial charge in [0, 0.05) is 51.3 Å². The number of methoxy groups -OCH3 is 2. The van der Waals surface area contributed by atoms with Crippen molar-refractivity contribution < 1.29 is 27.4 Å². The maximum atomic E-state index is 13.4. The molecule has 9 heteroatoms. The highest BCUT2D eigenvalue weighted by molar-refractivity contribution is 5.82. The van der Waals surface area contributed by atoms with Crippen LogP contribution in [0, 0.1) is 5.92 Å². The number of nitrogens with one attached hydrogen (secondary N) is 1. The maximum Gasteiger partial charge on any atom is 0.416 e. The fourth-order valence-corrected chi connectivity index (χ4v) is 4.89. The van der Waals surface area contributed by atoms with E-state index in [-0.39, 0.29) is 18.4 Å². The van der Waals surface area contributed by atoms with Gasteiger partial charge in [-0.3, -0.25) is 4.79 Å². The van der Waals surface area contributed by atoms with Crippen molar-refractivity contribution >= 4 is 17.3 Å². The topological polar surface area (TPSA) is 54.0 Å². The molecule has 0 aromatic heterocycles. The molecule has 1 saturated heterocycles. The molecule has 2 heterocycles. The van der Waals surface area contributed by atoms with E-state index in [0.717, 1.165) is 23.2 Å². The predicted octanol–water partition coefficient (Wildman–Crippen LogP) is 3.73. The Hall–Kier alpha value is -2.94. The largest absolute Gasteiger partial charge is 0.497 e. The molecule has 34 heavy (non-hydrogen) atoms. The summed E-state index contributed by atoms with van der Waals surface area (Å²) in [7, 11) is 3.22. The Kier molecular flexibility index (Phi) is 7.21. The van der Waals surface area contributed by atoms with E-state index >= 15 is 0 Å². The van der Waals surface area contributed by atoms with Crippen LogP contribution in [0.1, 0.15) is 17.5 Å². The van der Waals surface area contributed by atoms with Crippen LogP contribution in [-0.4, -0.2) is 59.0 Å². The highest BCUT2D eigenvalue weighted by atomic mass is 19.4. The summed E-state index contributed by atoms with van der Waals surface area (Å²) < 4.78 is 50.4. The number of fused-ring (bicyclic) bond motifs is 3. The summed E-state index contributed by atoms with van der Waals surface area (Å²) in [6.07, 6.45) is -3.47. The molecular formula is C25H30F3N3O3. The van der Waals surface area contributed by atoms with Crippen LogP contribution in [0.2, 0.25) is 0 Å². The number of ether oxygens (including phenoxy) is 2. The minimum atomic E-state index is -4.42. The Labute approximate surface area is 197 Å². The molecule has 2 aliphatic rings. The predicted molar refractivity (Wildman–Crippen MR) is 124 cm³/mol. The summed E-state index contributed by atoms with van der Waals surface area (Å²) in [5.41, 5.74) is 1.70. The van der Waals surface area contributed by atoms with Crippen molar-refractivity contribution in [2.24, 2.45) is 5.92 Å². The Balaban J connectivity index is 1.61. The number of benzene rings is 2. The quantitative estimate of drug-likeness (QED) is 0.616. The molecule has 2 aromatic carbocycles. The Morgan fingerprint density at radius 3 is 2.56 bits per heavy atom. The van der Waals surface area contributed by atoms with E-state index in [2.05, 4.69) is 15.1 Å². The molecule has 184 valence electrons. The van der Waals surface area contributed by atoms with Crippen molar-refractivity contribution in [3.63, 3.8) is 0 Å². The molecular weight excluding hydrogens is 447 g/mol. The van der Waals surface area contributed by atoms with Gasteiger partial charge in [0.1, 0.15) is 5.75 Å². The Bertz CT molecular complexity index is 997. The minimum absolute atomic E-state index is 0.134. The van der Waals surface area contributed by atoms with E-state index in [4.69, 9.17) is 9.47 Å². The van der Waals surface area contributed by atoms with Crippen molar-refractivity contribution in [2.75, 3.05) is 56.8 Å². The van der Waals surface area contributed by atoms with Crippen LogP contribution in [0.25, 0.3) is 0 Å². The molecule has 4 rings (SSSR count). The van der Waals surface area contributed by atoms with E-state index in [0.29, 0.717) is 44.8 Å². The highest BCUT2D eigenvalue weighted by Crippen LogP contribution is 2.40. The van der Waals surface area contributed by atoms with Crippen LogP contribution in [0.15, 0.2) is 42.5 Å². The molecule has 1 fully saturated rings. The first-order valence-corrected chi connectivity index (χ1v) is 11.4. The molecule has 0 bridgehead atoms. The van der Waals surface area contributed by atoms with Crippen molar-refractivity contribution in [1.29, 1.82) is 0 Å². The Morgan fingerprint density at radius 1 is 1.12 bits per heavy atom. The number of halogens is 3. The van der Waals surface area contributed by atoms with E-state index in [9.17, 15) is 18.0 Å². The van der Waals surface area contributed by atoms with Crippen molar-refractivity contribution in [1.82, 2.24) is 5.32 Å². The van der Waals surface area contributed by atoms with E-state index in [1.54, 1.807) is 20.3 Å². The fourth-order valence-electron chi connectivity index (χ4n) is 4.89. The number of nitrogens with zero attached hydrogens (tertiary/aromatic N) is 2. The summed E-state index contributed by atoms with van der Waals surface area (Å²) in [5, 5.41) is 2.96. The summed E-state index contributed by atoms with van der Waals surface area (Å²) in [4.78, 5) is 17.5. The second-order valence-electron chi connectivity index (χ2n) is 8.69. The van der Waals surface area contributed by atoms with Gasteiger partial charge in [-0.15, -0.1) is 0 Å². The lowest BCUT2D eigenvalue weighted by Gasteiger charge is -2.49. The van der Waals surface area contributed by atoms with Gasteiger partial charge in [-0.1, -0.05) is 0 Å². The van der Waals surface area contributed by atoms with Crippen LogP contribution in [0.4, 0.5) is 24.5 Å². The van der Waals surface area contributed by atoms with Crippen LogP contribution >= 0.6 is 0 Å². The number of hydrogen-bond donors (Lipinski definition) is 1. The highest BCUT2D eigenvalue weighted by Gasteiger charge is 2.42. The van der Waals surface area contributed by atoms with Crippen molar-refractivity contribution in [3.05, 3.63) is 53.6 Å². The van der Waals surface area contributed by atoms with Gasteiger partial charge in [-0.2, -0.15) is 13.2 Å². The molecule has 2 aliphatic heterocycles. The lowest BCUT2D eigenvalue weighted by atomic mass is 9.82. The first kappa shape index (κ1) is 24.2. The number of carbonyl (C=O) groups excluding carboxylic acids is 1. The van der Waals surface area contributed by atoms with Gasteiger partial charge in [0.15, 0.2) is 0 Å². The van der Waals surface area contributed by atoms with Crippen molar-refractivity contribution in [2.45, 2.75) is 25.1 Å². The number of anilines is 2. The molecule has 0 aliphatic carbocycles. The van der Waals surface area contributed by atoms with Gasteiger partial charge in [0.25, 0.3) is 0 Å². The van der Waals surface area contributed by atoms with E-state index in [1.165, 1.54) is 6.07 Å². The monoisotopic (exact) mass is 477 g/mol. The van der Waals surface area contributed by atoms with Gasteiger partial charge in [-0.05, 0) is 60.9 Å². The fraction of sp³-hybridized carbons (Fsp3) is 0.480. The normalized spacial score (nSPS) is 19.9. The molecule has 0 radical (unpaired) electrons. The molecule has 2 aromatic rings. The summed E-state index contributed by atoms with van der Waals surface area (Å²) in [5.74, 6) is 0.174. The molecule has 1 N–H and O–H groups in total. The zero-order valence-electron chi connectivity index (χ0n) is 19.4. The summed E-state index contributed by atoms with van der Waals surface area (Å²) >= 11 is 0. The third-order valence-electron chi connectivity index (χ3n) is 6.64. The third kappa shape index (κ3) is 5.09. The maximum absolute atomic E-state index is 13.4. The number of carbonyl (C=O) groups is 1. The van der Waals surface area contributed by atoms with Crippen LogP contribution < -0.4 is 19.9 Å².